The molecule has 0 aliphatic rings. The fourth-order valence-corrected chi connectivity index (χ4v) is 3.91. The zero-order valence-electron chi connectivity index (χ0n) is 14.5. The first-order valence-electron chi connectivity index (χ1n) is 8.22. The maximum atomic E-state index is 12.4. The molecule has 6 nitrogen and oxygen atoms in total. The van der Waals surface area contributed by atoms with Crippen LogP contribution in [0.1, 0.15) is 29.8 Å². The number of rotatable bonds is 9. The second-order valence-corrected chi connectivity index (χ2v) is 7.43. The van der Waals surface area contributed by atoms with Gasteiger partial charge in [0.15, 0.2) is 5.78 Å². The molecule has 0 unspecified atom stereocenters. The Morgan fingerprint density at radius 1 is 1.04 bits per heavy atom. The molecule has 1 aromatic carbocycles. The van der Waals surface area contributed by atoms with Gasteiger partial charge in [0.05, 0.1) is 11.4 Å². The van der Waals surface area contributed by atoms with Gasteiger partial charge < -0.3 is 5.32 Å². The topological polar surface area (TPSA) is 79.4 Å². The molecule has 0 fully saturated rings. The lowest BCUT2D eigenvalue weighted by Gasteiger charge is -2.18. The van der Waals surface area contributed by atoms with Gasteiger partial charge in [0.25, 0.3) is 0 Å². The number of sulfonamides is 1. The fourth-order valence-electron chi connectivity index (χ4n) is 2.45. The van der Waals surface area contributed by atoms with Crippen molar-refractivity contribution in [2.75, 3.05) is 19.6 Å². The van der Waals surface area contributed by atoms with Crippen LogP contribution in [0.25, 0.3) is 0 Å². The standard InChI is InChI=1S/C18H23N3O3S/c1-3-21(4-2)25(23,24)17-7-5-16(6-8-17)18(22)14-20-13-15-9-11-19-12-10-15/h5-12,20H,3-4,13-14H2,1-2H3. The molecule has 0 bridgehead atoms. The van der Waals surface area contributed by atoms with Crippen LogP contribution >= 0.6 is 0 Å². The Morgan fingerprint density at radius 2 is 1.64 bits per heavy atom. The number of hydrogen-bond acceptors (Lipinski definition) is 5. The van der Waals surface area contributed by atoms with Crippen LogP contribution < -0.4 is 5.32 Å². The third-order valence-electron chi connectivity index (χ3n) is 3.88. The van der Waals surface area contributed by atoms with Crippen molar-refractivity contribution < 1.29 is 13.2 Å². The van der Waals surface area contributed by atoms with Crippen LogP contribution in [0, 0.1) is 0 Å². The van der Waals surface area contributed by atoms with E-state index in [0.29, 0.717) is 25.2 Å². The number of pyridine rings is 1. The van der Waals surface area contributed by atoms with E-state index in [4.69, 9.17) is 0 Å². The summed E-state index contributed by atoms with van der Waals surface area (Å²) in [6.45, 7) is 5.19. The SMILES string of the molecule is CCN(CC)S(=O)(=O)c1ccc(C(=O)CNCc2ccncc2)cc1. The quantitative estimate of drug-likeness (QED) is 0.692. The van der Waals surface area contributed by atoms with E-state index in [1.807, 2.05) is 12.1 Å². The Kier molecular flexibility index (Phi) is 6.81. The number of carbonyl (C=O) groups is 1. The van der Waals surface area contributed by atoms with Crippen LogP contribution in [0.2, 0.25) is 0 Å². The summed E-state index contributed by atoms with van der Waals surface area (Å²) in [4.78, 5) is 16.4. The molecule has 2 rings (SSSR count). The smallest absolute Gasteiger partial charge is 0.243 e. The number of nitrogens with one attached hydrogen (secondary N) is 1. The molecule has 0 saturated heterocycles. The summed E-state index contributed by atoms with van der Waals surface area (Å²) in [6, 6.07) is 9.86. The lowest BCUT2D eigenvalue weighted by molar-refractivity contribution is 0.0990. The van der Waals surface area contributed by atoms with Crippen molar-refractivity contribution in [1.29, 1.82) is 0 Å². The zero-order valence-corrected chi connectivity index (χ0v) is 15.3. The normalized spacial score (nSPS) is 11.6. The van der Waals surface area contributed by atoms with Gasteiger partial charge in [-0.3, -0.25) is 9.78 Å². The third-order valence-corrected chi connectivity index (χ3v) is 5.95. The average molecular weight is 361 g/mol. The minimum Gasteiger partial charge on any atom is -0.306 e. The summed E-state index contributed by atoms with van der Waals surface area (Å²) in [5.41, 5.74) is 1.53. The van der Waals surface area contributed by atoms with Gasteiger partial charge in [-0.05, 0) is 29.8 Å². The van der Waals surface area contributed by atoms with Crippen molar-refractivity contribution in [1.82, 2.24) is 14.6 Å². The molecule has 0 amide bonds. The molecular formula is C18H23N3O3S. The first-order chi connectivity index (χ1) is 12.0. The molecular weight excluding hydrogens is 338 g/mol. The van der Waals surface area contributed by atoms with Gasteiger partial charge in [-0.2, -0.15) is 4.31 Å². The van der Waals surface area contributed by atoms with E-state index in [0.717, 1.165) is 5.56 Å². The van der Waals surface area contributed by atoms with Crippen molar-refractivity contribution in [3.05, 3.63) is 59.9 Å². The lowest BCUT2D eigenvalue weighted by Crippen LogP contribution is -2.30. The molecule has 0 radical (unpaired) electrons. The highest BCUT2D eigenvalue weighted by Gasteiger charge is 2.21. The number of aromatic nitrogens is 1. The fraction of sp³-hybridized carbons (Fsp3) is 0.333. The van der Waals surface area contributed by atoms with Gasteiger partial charge in [-0.25, -0.2) is 8.42 Å². The van der Waals surface area contributed by atoms with E-state index < -0.39 is 10.0 Å². The van der Waals surface area contributed by atoms with Crippen molar-refractivity contribution in [2.45, 2.75) is 25.3 Å². The number of carbonyl (C=O) groups excluding carboxylic acids is 1. The van der Waals surface area contributed by atoms with Crippen LogP contribution in [-0.2, 0) is 16.6 Å². The molecule has 1 aromatic heterocycles. The minimum atomic E-state index is -3.50. The molecule has 25 heavy (non-hydrogen) atoms. The summed E-state index contributed by atoms with van der Waals surface area (Å²) >= 11 is 0. The summed E-state index contributed by atoms with van der Waals surface area (Å²) in [6.07, 6.45) is 3.40. The summed E-state index contributed by atoms with van der Waals surface area (Å²) in [5, 5.41) is 3.08. The number of ketones is 1. The Balaban J connectivity index is 1.98. The predicted molar refractivity (Wildman–Crippen MR) is 96.8 cm³/mol. The molecule has 0 saturated carbocycles. The van der Waals surface area contributed by atoms with Gasteiger partial charge in [-0.1, -0.05) is 26.0 Å². The minimum absolute atomic E-state index is 0.0826. The van der Waals surface area contributed by atoms with Crippen LogP contribution in [0.15, 0.2) is 53.7 Å². The summed E-state index contributed by atoms with van der Waals surface area (Å²) < 4.78 is 26.2. The van der Waals surface area contributed by atoms with E-state index in [1.165, 1.54) is 16.4 Å². The Morgan fingerprint density at radius 3 is 2.20 bits per heavy atom. The number of benzene rings is 1. The van der Waals surface area contributed by atoms with Crippen molar-refractivity contribution in [3.63, 3.8) is 0 Å². The molecule has 0 spiro atoms. The first-order valence-corrected chi connectivity index (χ1v) is 9.66. The maximum Gasteiger partial charge on any atom is 0.243 e. The largest absolute Gasteiger partial charge is 0.306 e. The van der Waals surface area contributed by atoms with Crippen molar-refractivity contribution >= 4 is 15.8 Å². The number of nitrogens with zero attached hydrogens (tertiary/aromatic N) is 2. The van der Waals surface area contributed by atoms with Gasteiger partial charge in [0, 0.05) is 37.6 Å². The summed E-state index contributed by atoms with van der Waals surface area (Å²) in [5.74, 6) is -0.0826. The number of Topliss-reactive ketones (excluding diaryl/α,β-unsaturated/α-hetero) is 1. The van der Waals surface area contributed by atoms with E-state index in [9.17, 15) is 13.2 Å². The van der Waals surface area contributed by atoms with Crippen molar-refractivity contribution in [3.8, 4) is 0 Å². The zero-order chi connectivity index (χ0) is 18.3. The van der Waals surface area contributed by atoms with E-state index in [2.05, 4.69) is 10.3 Å². The highest BCUT2D eigenvalue weighted by Crippen LogP contribution is 2.16. The van der Waals surface area contributed by atoms with Crippen molar-refractivity contribution in [2.24, 2.45) is 0 Å². The van der Waals surface area contributed by atoms with Gasteiger partial charge in [0.2, 0.25) is 10.0 Å². The first kappa shape index (κ1) is 19.2. The maximum absolute atomic E-state index is 12.4. The molecule has 0 aliphatic heterocycles. The van der Waals surface area contributed by atoms with Crippen LogP contribution in [0.5, 0.6) is 0 Å². The van der Waals surface area contributed by atoms with E-state index >= 15 is 0 Å². The predicted octanol–water partition coefficient (Wildman–Crippen LogP) is 2.08. The highest BCUT2D eigenvalue weighted by molar-refractivity contribution is 7.89. The van der Waals surface area contributed by atoms with Crippen LogP contribution in [-0.4, -0.2) is 43.1 Å². The number of hydrogen-bond donors (Lipinski definition) is 1. The second kappa shape index (κ2) is 8.84. The van der Waals surface area contributed by atoms with Crippen LogP contribution in [0.4, 0.5) is 0 Å². The molecule has 0 aliphatic carbocycles. The molecule has 7 heteroatoms. The lowest BCUT2D eigenvalue weighted by atomic mass is 10.1. The van der Waals surface area contributed by atoms with Gasteiger partial charge in [-0.15, -0.1) is 0 Å². The Hall–Kier alpha value is -2.09. The monoisotopic (exact) mass is 361 g/mol. The van der Waals surface area contributed by atoms with E-state index in [1.54, 1.807) is 38.4 Å². The van der Waals surface area contributed by atoms with Gasteiger partial charge >= 0.3 is 0 Å². The Bertz CT molecular complexity index is 786. The Labute approximate surface area is 148 Å². The van der Waals surface area contributed by atoms with E-state index in [-0.39, 0.29) is 17.2 Å². The molecule has 0 atom stereocenters. The highest BCUT2D eigenvalue weighted by atomic mass is 32.2. The third kappa shape index (κ3) is 4.94. The molecule has 1 heterocycles. The summed E-state index contributed by atoms with van der Waals surface area (Å²) in [7, 11) is -3.50. The van der Waals surface area contributed by atoms with Crippen LogP contribution in [0.3, 0.4) is 0 Å². The average Bonchev–Trinajstić information content (AvgIpc) is 2.63. The molecule has 1 N–H and O–H groups in total. The van der Waals surface area contributed by atoms with Gasteiger partial charge in [0.1, 0.15) is 0 Å². The second-order valence-electron chi connectivity index (χ2n) is 5.50. The molecule has 134 valence electrons. The molecule has 2 aromatic rings.